The number of halogens is 2. The Morgan fingerprint density at radius 2 is 1.84 bits per heavy atom. The van der Waals surface area contributed by atoms with Crippen LogP contribution in [0.3, 0.4) is 0 Å². The van der Waals surface area contributed by atoms with Crippen molar-refractivity contribution in [3.05, 3.63) is 35.4 Å². The molecule has 0 saturated carbocycles. The van der Waals surface area contributed by atoms with Gasteiger partial charge in [-0.3, -0.25) is 0 Å². The number of benzene rings is 1. The Kier molecular flexibility index (Phi) is 6.91. The Morgan fingerprint density at radius 1 is 1.21 bits per heavy atom. The summed E-state index contributed by atoms with van der Waals surface area (Å²) in [6.45, 7) is 4.64. The second kappa shape index (κ2) is 8.19. The van der Waals surface area contributed by atoms with Crippen LogP contribution in [0.15, 0.2) is 18.2 Å². The third-order valence-corrected chi connectivity index (χ3v) is 2.88. The minimum absolute atomic E-state index is 0.274. The molecule has 0 fully saturated rings. The Labute approximate surface area is 112 Å². The van der Waals surface area contributed by atoms with Crippen molar-refractivity contribution in [3.63, 3.8) is 0 Å². The van der Waals surface area contributed by atoms with E-state index in [1.54, 1.807) is 0 Å². The van der Waals surface area contributed by atoms with E-state index in [0.717, 1.165) is 24.7 Å². The topological polar surface area (TPSA) is 32.7 Å². The quantitative estimate of drug-likeness (QED) is 0.738. The van der Waals surface area contributed by atoms with Crippen molar-refractivity contribution >= 4 is 0 Å². The second-order valence-corrected chi connectivity index (χ2v) is 4.51. The van der Waals surface area contributed by atoms with Crippen molar-refractivity contribution in [1.29, 1.82) is 0 Å². The Morgan fingerprint density at radius 3 is 2.42 bits per heavy atom. The molecule has 19 heavy (non-hydrogen) atoms. The number of aliphatic hydroxyl groups is 1. The molecule has 1 aromatic rings. The molecule has 0 aromatic heterocycles. The molecule has 0 bridgehead atoms. The Bertz CT molecular complexity index is 367. The molecule has 0 aliphatic carbocycles. The number of aliphatic hydroxyl groups excluding tert-OH is 1. The summed E-state index contributed by atoms with van der Waals surface area (Å²) in [5.41, 5.74) is 0.274. The maximum absolute atomic E-state index is 13.0. The lowest BCUT2D eigenvalue weighted by Gasteiger charge is -2.19. The molecule has 1 N–H and O–H groups in total. The summed E-state index contributed by atoms with van der Waals surface area (Å²) in [6.07, 6.45) is -0.439. The summed E-state index contributed by atoms with van der Waals surface area (Å²) in [5.74, 6) is -1.34. The first-order chi connectivity index (χ1) is 9.02. The van der Waals surface area contributed by atoms with E-state index in [2.05, 4.69) is 0 Å². The van der Waals surface area contributed by atoms with Crippen LogP contribution in [0.5, 0.6) is 0 Å². The molecule has 0 amide bonds. The summed E-state index contributed by atoms with van der Waals surface area (Å²) in [4.78, 5) is 2.01. The predicted octanol–water partition coefficient (Wildman–Crippen LogP) is 2.36. The van der Waals surface area contributed by atoms with Gasteiger partial charge in [-0.15, -0.1) is 0 Å². The van der Waals surface area contributed by atoms with Gasteiger partial charge in [-0.2, -0.15) is 0 Å². The van der Waals surface area contributed by atoms with E-state index in [9.17, 15) is 13.9 Å². The van der Waals surface area contributed by atoms with Crippen LogP contribution in [0.1, 0.15) is 25.0 Å². The fraction of sp³-hybridized carbons (Fsp3) is 0.571. The summed E-state index contributed by atoms with van der Waals surface area (Å²) >= 11 is 0. The van der Waals surface area contributed by atoms with Gasteiger partial charge in [-0.1, -0.05) is 0 Å². The molecule has 0 aliphatic rings. The van der Waals surface area contributed by atoms with Crippen LogP contribution in [0, 0.1) is 11.6 Å². The van der Waals surface area contributed by atoms with Gasteiger partial charge in [0, 0.05) is 25.8 Å². The highest BCUT2D eigenvalue weighted by Gasteiger charge is 2.11. The lowest BCUT2D eigenvalue weighted by molar-refractivity contribution is 0.108. The zero-order valence-electron chi connectivity index (χ0n) is 11.4. The highest BCUT2D eigenvalue weighted by Crippen LogP contribution is 2.19. The van der Waals surface area contributed by atoms with Crippen LogP contribution >= 0.6 is 0 Å². The third kappa shape index (κ3) is 6.09. The molecule has 1 rings (SSSR count). The van der Waals surface area contributed by atoms with Gasteiger partial charge in [0.15, 0.2) is 0 Å². The first-order valence-electron chi connectivity index (χ1n) is 6.43. The number of rotatable bonds is 8. The molecule has 108 valence electrons. The average molecular weight is 273 g/mol. The minimum Gasteiger partial charge on any atom is -0.388 e. The average Bonchev–Trinajstić information content (AvgIpc) is 2.35. The van der Waals surface area contributed by atoms with Crippen molar-refractivity contribution in [3.8, 4) is 0 Å². The maximum Gasteiger partial charge on any atom is 0.126 e. The van der Waals surface area contributed by atoms with Crippen LogP contribution in [0.4, 0.5) is 8.78 Å². The fourth-order valence-electron chi connectivity index (χ4n) is 1.75. The molecule has 1 aromatic carbocycles. The molecular weight excluding hydrogens is 252 g/mol. The van der Waals surface area contributed by atoms with Crippen molar-refractivity contribution in [2.75, 3.05) is 33.4 Å². The van der Waals surface area contributed by atoms with E-state index in [-0.39, 0.29) is 5.56 Å². The normalized spacial score (nSPS) is 12.9. The molecule has 0 spiro atoms. The number of hydrogen-bond donors (Lipinski definition) is 1. The lowest BCUT2D eigenvalue weighted by Crippen LogP contribution is -2.25. The van der Waals surface area contributed by atoms with Gasteiger partial charge in [0.25, 0.3) is 0 Å². The Balaban J connectivity index is 2.39. The number of ether oxygens (including phenoxy) is 1. The van der Waals surface area contributed by atoms with Crippen LogP contribution in [-0.4, -0.2) is 43.4 Å². The van der Waals surface area contributed by atoms with Gasteiger partial charge in [0.1, 0.15) is 11.6 Å². The highest BCUT2D eigenvalue weighted by atomic mass is 19.1. The zero-order valence-corrected chi connectivity index (χ0v) is 11.4. The number of likely N-dealkylation sites (N-methyl/N-ethyl adjacent to an activating group) is 1. The molecule has 1 atom stereocenters. The van der Waals surface area contributed by atoms with E-state index in [1.165, 1.54) is 0 Å². The molecule has 0 saturated heterocycles. The molecule has 0 heterocycles. The molecule has 0 aliphatic heterocycles. The largest absolute Gasteiger partial charge is 0.388 e. The van der Waals surface area contributed by atoms with Crippen LogP contribution in [-0.2, 0) is 4.74 Å². The van der Waals surface area contributed by atoms with E-state index in [1.807, 2.05) is 18.9 Å². The van der Waals surface area contributed by atoms with Gasteiger partial charge in [-0.25, -0.2) is 8.78 Å². The summed E-state index contributed by atoms with van der Waals surface area (Å²) in [6, 6.07) is 3.12. The van der Waals surface area contributed by atoms with Crippen molar-refractivity contribution in [2.24, 2.45) is 0 Å². The first kappa shape index (κ1) is 16.0. The van der Waals surface area contributed by atoms with E-state index in [4.69, 9.17) is 4.74 Å². The summed E-state index contributed by atoms with van der Waals surface area (Å²) in [5, 5.41) is 9.90. The van der Waals surface area contributed by atoms with Gasteiger partial charge >= 0.3 is 0 Å². The maximum atomic E-state index is 13.0. The SMILES string of the molecule is CCOCCN(C)CCC(O)c1cc(F)cc(F)c1. The molecule has 3 nitrogen and oxygen atoms in total. The van der Waals surface area contributed by atoms with Crippen LogP contribution in [0.2, 0.25) is 0 Å². The van der Waals surface area contributed by atoms with Gasteiger partial charge in [0.2, 0.25) is 0 Å². The third-order valence-electron chi connectivity index (χ3n) is 2.88. The molecule has 0 radical (unpaired) electrons. The lowest BCUT2D eigenvalue weighted by atomic mass is 10.1. The summed E-state index contributed by atoms with van der Waals surface area (Å²) < 4.78 is 31.3. The van der Waals surface area contributed by atoms with Gasteiger partial charge < -0.3 is 14.7 Å². The predicted molar refractivity (Wildman–Crippen MR) is 69.9 cm³/mol. The fourth-order valence-corrected chi connectivity index (χ4v) is 1.75. The molecular formula is C14H21F2NO2. The smallest absolute Gasteiger partial charge is 0.126 e. The van der Waals surface area contributed by atoms with E-state index >= 15 is 0 Å². The van der Waals surface area contributed by atoms with E-state index in [0.29, 0.717) is 26.2 Å². The summed E-state index contributed by atoms with van der Waals surface area (Å²) in [7, 11) is 1.91. The van der Waals surface area contributed by atoms with Crippen LogP contribution in [0.25, 0.3) is 0 Å². The first-order valence-corrected chi connectivity index (χ1v) is 6.43. The monoisotopic (exact) mass is 273 g/mol. The van der Waals surface area contributed by atoms with Crippen molar-refractivity contribution in [2.45, 2.75) is 19.4 Å². The second-order valence-electron chi connectivity index (χ2n) is 4.51. The van der Waals surface area contributed by atoms with Crippen LogP contribution < -0.4 is 0 Å². The Hall–Kier alpha value is -1.04. The zero-order chi connectivity index (χ0) is 14.3. The standard InChI is InChI=1S/C14H21F2NO2/c1-3-19-7-6-17(2)5-4-14(18)11-8-12(15)10-13(16)9-11/h8-10,14,18H,3-7H2,1-2H3. The number of nitrogens with zero attached hydrogens (tertiary/aromatic N) is 1. The highest BCUT2D eigenvalue weighted by molar-refractivity contribution is 5.20. The minimum atomic E-state index is -0.861. The van der Waals surface area contributed by atoms with Crippen molar-refractivity contribution in [1.82, 2.24) is 4.90 Å². The van der Waals surface area contributed by atoms with Gasteiger partial charge in [-0.05, 0) is 38.1 Å². The molecule has 1 unspecified atom stereocenters. The van der Waals surface area contributed by atoms with E-state index < -0.39 is 17.7 Å². The van der Waals surface area contributed by atoms with Crippen molar-refractivity contribution < 1.29 is 18.6 Å². The van der Waals surface area contributed by atoms with Gasteiger partial charge in [0.05, 0.1) is 12.7 Å². The molecule has 5 heteroatoms. The number of hydrogen-bond acceptors (Lipinski definition) is 3.